The number of pyridine rings is 1. The van der Waals surface area contributed by atoms with Crippen LogP contribution in [0.15, 0.2) is 60.9 Å². The van der Waals surface area contributed by atoms with Crippen molar-refractivity contribution in [3.63, 3.8) is 0 Å². The quantitative estimate of drug-likeness (QED) is 0.773. The summed E-state index contributed by atoms with van der Waals surface area (Å²) in [7, 11) is 0. The van der Waals surface area contributed by atoms with Gasteiger partial charge in [-0.25, -0.2) is 0 Å². The summed E-state index contributed by atoms with van der Waals surface area (Å²) in [6, 6.07) is 9.79. The summed E-state index contributed by atoms with van der Waals surface area (Å²) >= 11 is 0. The highest BCUT2D eigenvalue weighted by atomic mass is 19.4. The molecule has 0 spiro atoms. The third kappa shape index (κ3) is 5.08. The van der Waals surface area contributed by atoms with Crippen LogP contribution in [0.4, 0.5) is 18.9 Å². The molecule has 1 fully saturated rings. The lowest BCUT2D eigenvalue weighted by Gasteiger charge is -2.44. The van der Waals surface area contributed by atoms with Gasteiger partial charge in [0.2, 0.25) is 0 Å². The number of hydrogen-bond donors (Lipinski definition) is 1. The van der Waals surface area contributed by atoms with E-state index < -0.39 is 12.5 Å². The van der Waals surface area contributed by atoms with Crippen LogP contribution in [0.1, 0.15) is 24.1 Å². The highest BCUT2D eigenvalue weighted by Gasteiger charge is 2.34. The van der Waals surface area contributed by atoms with Crippen LogP contribution in [-0.4, -0.2) is 46.7 Å². The lowest BCUT2D eigenvalue weighted by molar-refractivity contribution is -0.274. The van der Waals surface area contributed by atoms with Crippen LogP contribution in [-0.2, 0) is 0 Å². The minimum atomic E-state index is -4.73. The summed E-state index contributed by atoms with van der Waals surface area (Å²) in [5.74, 6) is -0.263. The maximum Gasteiger partial charge on any atom is 0.573 e. The van der Waals surface area contributed by atoms with E-state index in [-0.39, 0.29) is 11.9 Å². The van der Waals surface area contributed by atoms with Crippen molar-refractivity contribution in [3.05, 3.63) is 72.2 Å². The minimum Gasteiger partial charge on any atom is -0.406 e. The molecule has 2 aromatic rings. The first-order valence-corrected chi connectivity index (χ1v) is 10.2. The Morgan fingerprint density at radius 1 is 1.13 bits per heavy atom. The monoisotopic (exact) mass is 431 g/mol. The molecule has 164 valence electrons. The molecule has 31 heavy (non-hydrogen) atoms. The van der Waals surface area contributed by atoms with E-state index in [0.29, 0.717) is 6.54 Å². The van der Waals surface area contributed by atoms with Crippen LogP contribution >= 0.6 is 0 Å². The first-order chi connectivity index (χ1) is 14.8. The molecule has 1 unspecified atom stereocenters. The molecule has 1 N–H and O–H groups in total. The van der Waals surface area contributed by atoms with Crippen molar-refractivity contribution >= 4 is 11.3 Å². The van der Waals surface area contributed by atoms with Gasteiger partial charge in [0.1, 0.15) is 11.9 Å². The molecule has 0 amide bonds. The number of anilines is 1. The first-order valence-electron chi connectivity index (χ1n) is 10.2. The highest BCUT2D eigenvalue weighted by molar-refractivity contribution is 5.76. The second-order valence-corrected chi connectivity index (χ2v) is 7.77. The van der Waals surface area contributed by atoms with Crippen LogP contribution in [0.25, 0.3) is 5.57 Å². The van der Waals surface area contributed by atoms with Gasteiger partial charge in [0, 0.05) is 36.9 Å². The standard InChI is InChI=1S/C23H24F3N3O2/c1-16-6-7-17(14-27-16)21-5-3-13-29(22(21)28-12-2-4-19(30)15-28)18-8-10-20(11-9-18)31-23(24,25)26/h3,5-11,13-14,19,22,30H,2,4,12,15H2,1H3/t19?,22-/m1/s1. The number of piperidine rings is 1. The number of aliphatic hydroxyl groups excluding tert-OH is 1. The molecule has 2 aliphatic rings. The number of aromatic nitrogens is 1. The smallest absolute Gasteiger partial charge is 0.406 e. The van der Waals surface area contributed by atoms with Gasteiger partial charge < -0.3 is 14.7 Å². The summed E-state index contributed by atoms with van der Waals surface area (Å²) in [5, 5.41) is 10.3. The van der Waals surface area contributed by atoms with Gasteiger partial charge in [-0.1, -0.05) is 12.1 Å². The van der Waals surface area contributed by atoms with Crippen LogP contribution in [0, 0.1) is 6.92 Å². The summed E-state index contributed by atoms with van der Waals surface area (Å²) in [6.45, 7) is 3.24. The van der Waals surface area contributed by atoms with E-state index in [0.717, 1.165) is 41.9 Å². The number of halogens is 3. The topological polar surface area (TPSA) is 48.8 Å². The first kappa shape index (κ1) is 21.4. The molecular formula is C23H24F3N3O2. The van der Waals surface area contributed by atoms with E-state index in [9.17, 15) is 18.3 Å². The van der Waals surface area contributed by atoms with Gasteiger partial charge >= 0.3 is 6.36 Å². The Morgan fingerprint density at radius 3 is 2.55 bits per heavy atom. The Morgan fingerprint density at radius 2 is 1.90 bits per heavy atom. The van der Waals surface area contributed by atoms with Gasteiger partial charge in [0.15, 0.2) is 0 Å². The Labute approximate surface area is 179 Å². The number of aliphatic hydroxyl groups is 1. The summed E-state index contributed by atoms with van der Waals surface area (Å²) < 4.78 is 41.6. The molecule has 4 rings (SSSR count). The van der Waals surface area contributed by atoms with E-state index in [1.807, 2.05) is 48.5 Å². The number of allylic oxidation sites excluding steroid dienone is 2. The van der Waals surface area contributed by atoms with E-state index in [1.165, 1.54) is 12.1 Å². The second-order valence-electron chi connectivity index (χ2n) is 7.77. The lowest BCUT2D eigenvalue weighted by Crippen LogP contribution is -2.52. The molecule has 0 radical (unpaired) electrons. The van der Waals surface area contributed by atoms with Crippen molar-refractivity contribution < 1.29 is 23.0 Å². The molecule has 1 aromatic carbocycles. The number of ether oxygens (including phenoxy) is 1. The van der Waals surface area contributed by atoms with E-state index in [1.54, 1.807) is 12.1 Å². The molecule has 0 saturated carbocycles. The molecule has 1 saturated heterocycles. The van der Waals surface area contributed by atoms with Gasteiger partial charge in [-0.2, -0.15) is 0 Å². The number of rotatable bonds is 4. The molecule has 2 aliphatic heterocycles. The summed E-state index contributed by atoms with van der Waals surface area (Å²) in [4.78, 5) is 8.62. The fourth-order valence-electron chi connectivity index (χ4n) is 4.07. The molecule has 5 nitrogen and oxygen atoms in total. The van der Waals surface area contributed by atoms with Crippen LogP contribution in [0.3, 0.4) is 0 Å². The number of β-amino-alcohol motifs (C(OH)–C–C–N with tert-alkyl or cyclic N) is 1. The maximum absolute atomic E-state index is 12.5. The van der Waals surface area contributed by atoms with Crippen LogP contribution in [0.5, 0.6) is 5.75 Å². The Kier molecular flexibility index (Phi) is 6.02. The third-order valence-corrected chi connectivity index (χ3v) is 5.45. The maximum atomic E-state index is 12.5. The number of likely N-dealkylation sites (tertiary alicyclic amines) is 1. The van der Waals surface area contributed by atoms with Crippen molar-refractivity contribution in [1.82, 2.24) is 9.88 Å². The van der Waals surface area contributed by atoms with Gasteiger partial charge in [-0.3, -0.25) is 9.88 Å². The Balaban J connectivity index is 1.68. The van der Waals surface area contributed by atoms with E-state index in [4.69, 9.17) is 0 Å². The molecule has 3 heterocycles. The number of nitrogens with zero attached hydrogens (tertiary/aromatic N) is 3. The number of benzene rings is 1. The van der Waals surface area contributed by atoms with Gasteiger partial charge in [-0.05, 0) is 67.3 Å². The fourth-order valence-corrected chi connectivity index (χ4v) is 4.07. The van der Waals surface area contributed by atoms with Crippen molar-refractivity contribution in [2.45, 2.75) is 38.4 Å². The number of alkyl halides is 3. The van der Waals surface area contributed by atoms with E-state index in [2.05, 4.69) is 14.6 Å². The average Bonchev–Trinajstić information content (AvgIpc) is 2.73. The van der Waals surface area contributed by atoms with Crippen molar-refractivity contribution in [2.75, 3.05) is 18.0 Å². The Hall–Kier alpha value is -2.84. The second kappa shape index (κ2) is 8.72. The number of aryl methyl sites for hydroxylation is 1. The third-order valence-electron chi connectivity index (χ3n) is 5.45. The van der Waals surface area contributed by atoms with Gasteiger partial charge in [-0.15, -0.1) is 13.2 Å². The van der Waals surface area contributed by atoms with Crippen molar-refractivity contribution in [3.8, 4) is 5.75 Å². The molecule has 8 heteroatoms. The van der Waals surface area contributed by atoms with E-state index >= 15 is 0 Å². The highest BCUT2D eigenvalue weighted by Crippen LogP contribution is 2.35. The molecular weight excluding hydrogens is 407 g/mol. The van der Waals surface area contributed by atoms with Crippen molar-refractivity contribution in [2.24, 2.45) is 0 Å². The zero-order chi connectivity index (χ0) is 22.0. The SMILES string of the molecule is Cc1ccc(C2=CC=CN(c3ccc(OC(F)(F)F)cc3)[C@H]2N2CCCC(O)C2)cn1. The molecule has 2 atom stereocenters. The van der Waals surface area contributed by atoms with Gasteiger partial charge in [0.25, 0.3) is 0 Å². The van der Waals surface area contributed by atoms with Crippen LogP contribution in [0.2, 0.25) is 0 Å². The molecule has 0 bridgehead atoms. The largest absolute Gasteiger partial charge is 0.573 e. The zero-order valence-corrected chi connectivity index (χ0v) is 17.1. The van der Waals surface area contributed by atoms with Crippen LogP contribution < -0.4 is 9.64 Å². The summed E-state index contributed by atoms with van der Waals surface area (Å²) in [5.41, 5.74) is 3.61. The minimum absolute atomic E-state index is 0.223. The normalized spacial score (nSPS) is 22.4. The average molecular weight is 431 g/mol. The van der Waals surface area contributed by atoms with Crippen molar-refractivity contribution in [1.29, 1.82) is 0 Å². The fraction of sp³-hybridized carbons (Fsp3) is 0.348. The molecule has 1 aromatic heterocycles. The number of hydrogen-bond acceptors (Lipinski definition) is 5. The predicted octanol–water partition coefficient (Wildman–Crippen LogP) is 4.49. The predicted molar refractivity (Wildman–Crippen MR) is 112 cm³/mol. The molecule has 0 aliphatic carbocycles. The summed E-state index contributed by atoms with van der Waals surface area (Å²) in [6.07, 6.45) is 3.92. The Bertz CT molecular complexity index is 956. The van der Waals surface area contributed by atoms with Gasteiger partial charge in [0.05, 0.1) is 6.10 Å². The zero-order valence-electron chi connectivity index (χ0n) is 17.1. The lowest BCUT2D eigenvalue weighted by atomic mass is 9.97.